The van der Waals surface area contributed by atoms with E-state index in [0.717, 1.165) is 55.0 Å². The maximum atomic E-state index is 9.83. The second-order valence-corrected chi connectivity index (χ2v) is 6.47. The molecule has 0 aliphatic carbocycles. The van der Waals surface area contributed by atoms with Crippen molar-refractivity contribution >= 4 is 17.6 Å². The van der Waals surface area contributed by atoms with Crippen LogP contribution in [-0.4, -0.2) is 50.8 Å². The summed E-state index contributed by atoms with van der Waals surface area (Å²) in [7, 11) is 3.27. The van der Waals surface area contributed by atoms with Crippen molar-refractivity contribution in [3.05, 3.63) is 35.5 Å². The van der Waals surface area contributed by atoms with E-state index in [9.17, 15) is 5.26 Å². The molecule has 140 valence electrons. The lowest BCUT2D eigenvalue weighted by Crippen LogP contribution is -2.32. The van der Waals surface area contributed by atoms with Crippen LogP contribution in [0.15, 0.2) is 30.0 Å². The highest BCUT2D eigenvalue weighted by Crippen LogP contribution is 2.34. The molecular formula is C20H26N2O3S. The van der Waals surface area contributed by atoms with E-state index in [-0.39, 0.29) is 5.92 Å². The standard InChI is InChI=1S/C20H26N2O3S/c1-23-18-11-16(12-19(13-18)24-2)20(5-3-4-10-26)17(14-21)15-22-6-8-25-9-7-22/h10-13,15,20H,3-9H2,1-2H3. The number of methoxy groups -OCH3 is 2. The Morgan fingerprint density at radius 1 is 1.27 bits per heavy atom. The Bertz CT molecular complexity index is 641. The van der Waals surface area contributed by atoms with E-state index in [4.69, 9.17) is 26.4 Å². The molecule has 2 rings (SSSR count). The zero-order valence-corrected chi connectivity index (χ0v) is 16.3. The van der Waals surface area contributed by atoms with Crippen LogP contribution in [0.3, 0.4) is 0 Å². The van der Waals surface area contributed by atoms with Gasteiger partial charge in [-0.05, 0) is 42.3 Å². The maximum absolute atomic E-state index is 9.83. The highest BCUT2D eigenvalue weighted by molar-refractivity contribution is 7.78. The molecular weight excluding hydrogens is 348 g/mol. The molecule has 1 aliphatic rings. The second-order valence-electron chi connectivity index (χ2n) is 6.14. The number of allylic oxidation sites excluding steroid dienone is 1. The Morgan fingerprint density at radius 3 is 2.46 bits per heavy atom. The van der Waals surface area contributed by atoms with E-state index in [2.05, 4.69) is 11.0 Å². The number of thiocarbonyl (C=S) groups is 1. The molecule has 1 aromatic rings. The van der Waals surface area contributed by atoms with Gasteiger partial charge in [0.2, 0.25) is 0 Å². The van der Waals surface area contributed by atoms with Gasteiger partial charge in [-0.3, -0.25) is 0 Å². The first-order valence-electron chi connectivity index (χ1n) is 8.82. The average Bonchev–Trinajstić information content (AvgIpc) is 2.70. The van der Waals surface area contributed by atoms with Gasteiger partial charge < -0.3 is 19.1 Å². The van der Waals surface area contributed by atoms with Crippen LogP contribution in [0.5, 0.6) is 11.5 Å². The second kappa shape index (κ2) is 10.8. The van der Waals surface area contributed by atoms with Gasteiger partial charge in [0.25, 0.3) is 0 Å². The van der Waals surface area contributed by atoms with E-state index in [0.29, 0.717) is 13.2 Å². The van der Waals surface area contributed by atoms with Crippen LogP contribution in [0.1, 0.15) is 30.7 Å². The summed E-state index contributed by atoms with van der Waals surface area (Å²) in [6.45, 7) is 2.99. The van der Waals surface area contributed by atoms with Crippen LogP contribution in [0, 0.1) is 11.3 Å². The van der Waals surface area contributed by atoms with Crippen molar-refractivity contribution in [2.45, 2.75) is 25.2 Å². The third-order valence-electron chi connectivity index (χ3n) is 4.46. The molecule has 1 unspecified atom stereocenters. The number of nitrogens with zero attached hydrogens (tertiary/aromatic N) is 2. The number of unbranched alkanes of at least 4 members (excludes halogenated alkanes) is 1. The molecule has 1 fully saturated rings. The zero-order chi connectivity index (χ0) is 18.8. The van der Waals surface area contributed by atoms with Crippen LogP contribution in [0.25, 0.3) is 0 Å². The molecule has 1 atom stereocenters. The summed E-state index contributed by atoms with van der Waals surface area (Å²) in [5.74, 6) is 1.42. The van der Waals surface area contributed by atoms with Gasteiger partial charge in [0.15, 0.2) is 0 Å². The van der Waals surface area contributed by atoms with Crippen LogP contribution in [0.4, 0.5) is 0 Å². The number of ether oxygens (including phenoxy) is 3. The minimum atomic E-state index is -0.0261. The van der Waals surface area contributed by atoms with Crippen LogP contribution in [-0.2, 0) is 4.74 Å². The van der Waals surface area contributed by atoms with E-state index >= 15 is 0 Å². The first-order chi connectivity index (χ1) is 12.7. The molecule has 0 bridgehead atoms. The maximum Gasteiger partial charge on any atom is 0.122 e. The van der Waals surface area contributed by atoms with Crippen molar-refractivity contribution in [1.29, 1.82) is 5.26 Å². The Morgan fingerprint density at radius 2 is 1.92 bits per heavy atom. The van der Waals surface area contributed by atoms with Crippen molar-refractivity contribution in [3.8, 4) is 17.6 Å². The summed E-state index contributed by atoms with van der Waals surface area (Å²) in [4.78, 5) is 2.16. The summed E-state index contributed by atoms with van der Waals surface area (Å²) >= 11 is 4.96. The molecule has 0 N–H and O–H groups in total. The number of hydrogen-bond acceptors (Lipinski definition) is 6. The lowest BCUT2D eigenvalue weighted by molar-refractivity contribution is 0.0590. The molecule has 0 spiro atoms. The molecule has 0 saturated carbocycles. The minimum absolute atomic E-state index is 0.0261. The zero-order valence-electron chi connectivity index (χ0n) is 15.4. The number of benzene rings is 1. The van der Waals surface area contributed by atoms with Gasteiger partial charge in [-0.15, -0.1) is 0 Å². The quantitative estimate of drug-likeness (QED) is 0.373. The lowest BCUT2D eigenvalue weighted by atomic mass is 9.87. The average molecular weight is 375 g/mol. The number of hydrogen-bond donors (Lipinski definition) is 0. The van der Waals surface area contributed by atoms with Crippen molar-refractivity contribution in [2.24, 2.45) is 0 Å². The monoisotopic (exact) mass is 374 g/mol. The van der Waals surface area contributed by atoms with Crippen LogP contribution >= 0.6 is 12.2 Å². The summed E-state index contributed by atoms with van der Waals surface area (Å²) in [5.41, 5.74) is 1.76. The molecule has 1 saturated heterocycles. The van der Waals surface area contributed by atoms with Gasteiger partial charge in [-0.1, -0.05) is 12.2 Å². The summed E-state index contributed by atoms with van der Waals surface area (Å²) in [5, 5.41) is 11.6. The molecule has 1 aliphatic heterocycles. The fraction of sp³-hybridized carbons (Fsp3) is 0.500. The fourth-order valence-corrected chi connectivity index (χ4v) is 3.20. The Labute approximate surface area is 161 Å². The highest BCUT2D eigenvalue weighted by Gasteiger charge is 2.20. The molecule has 0 aromatic heterocycles. The van der Waals surface area contributed by atoms with Gasteiger partial charge in [0.05, 0.1) is 39.1 Å². The molecule has 26 heavy (non-hydrogen) atoms. The Hall–Kier alpha value is -2.10. The van der Waals surface area contributed by atoms with Gasteiger partial charge >= 0.3 is 0 Å². The lowest BCUT2D eigenvalue weighted by Gasteiger charge is -2.27. The van der Waals surface area contributed by atoms with E-state index in [1.807, 2.05) is 24.4 Å². The first-order valence-corrected chi connectivity index (χ1v) is 9.29. The third-order valence-corrected chi connectivity index (χ3v) is 4.70. The van der Waals surface area contributed by atoms with Gasteiger partial charge in [0, 0.05) is 31.3 Å². The molecule has 6 heteroatoms. The van der Waals surface area contributed by atoms with Crippen LogP contribution in [0.2, 0.25) is 0 Å². The van der Waals surface area contributed by atoms with Crippen molar-refractivity contribution in [2.75, 3.05) is 40.5 Å². The minimum Gasteiger partial charge on any atom is -0.497 e. The Balaban J connectivity index is 2.36. The summed E-state index contributed by atoms with van der Waals surface area (Å²) in [6.07, 6.45) is 4.60. The molecule has 1 aromatic carbocycles. The van der Waals surface area contributed by atoms with Crippen molar-refractivity contribution in [1.82, 2.24) is 4.90 Å². The van der Waals surface area contributed by atoms with Gasteiger partial charge in [0.1, 0.15) is 11.5 Å². The molecule has 1 heterocycles. The fourth-order valence-electron chi connectivity index (χ4n) is 3.04. The predicted molar refractivity (Wildman–Crippen MR) is 106 cm³/mol. The normalized spacial score (nSPS) is 15.9. The van der Waals surface area contributed by atoms with E-state index in [1.54, 1.807) is 19.6 Å². The topological polar surface area (TPSA) is 54.7 Å². The first kappa shape index (κ1) is 20.2. The number of rotatable bonds is 9. The molecule has 0 amide bonds. The molecule has 5 nitrogen and oxygen atoms in total. The highest BCUT2D eigenvalue weighted by atomic mass is 32.1. The number of morpholine rings is 1. The largest absolute Gasteiger partial charge is 0.497 e. The predicted octanol–water partition coefficient (Wildman–Crippen LogP) is 3.70. The van der Waals surface area contributed by atoms with Crippen molar-refractivity contribution < 1.29 is 14.2 Å². The smallest absolute Gasteiger partial charge is 0.122 e. The SMILES string of the molecule is COc1cc(OC)cc(C(CCCC=S)C(C#N)=CN2CCOCC2)c1. The number of nitriles is 1. The van der Waals surface area contributed by atoms with E-state index < -0.39 is 0 Å². The van der Waals surface area contributed by atoms with Gasteiger partial charge in [-0.25, -0.2) is 0 Å². The van der Waals surface area contributed by atoms with E-state index in [1.165, 1.54) is 0 Å². The summed E-state index contributed by atoms with van der Waals surface area (Å²) in [6, 6.07) is 8.22. The Kier molecular flexibility index (Phi) is 8.39. The third kappa shape index (κ3) is 5.72. The van der Waals surface area contributed by atoms with Crippen molar-refractivity contribution in [3.63, 3.8) is 0 Å². The molecule has 0 radical (unpaired) electrons. The van der Waals surface area contributed by atoms with Gasteiger partial charge in [-0.2, -0.15) is 5.26 Å². The summed E-state index contributed by atoms with van der Waals surface area (Å²) < 4.78 is 16.2. The van der Waals surface area contributed by atoms with Crippen LogP contribution < -0.4 is 9.47 Å².